The lowest BCUT2D eigenvalue weighted by Crippen LogP contribution is -2.53. The first-order valence-corrected chi connectivity index (χ1v) is 13.0. The van der Waals surface area contributed by atoms with Gasteiger partial charge in [-0.1, -0.05) is 84.4 Å². The third-order valence-corrected chi connectivity index (χ3v) is 7.23. The first-order chi connectivity index (χ1) is 18.5. The van der Waals surface area contributed by atoms with Crippen LogP contribution in [0.4, 0.5) is 5.69 Å². The molecule has 192 valence electrons. The van der Waals surface area contributed by atoms with Gasteiger partial charge in [0.2, 0.25) is 11.8 Å². The van der Waals surface area contributed by atoms with Crippen LogP contribution in [0.25, 0.3) is 10.8 Å². The molecule has 1 heterocycles. The van der Waals surface area contributed by atoms with Gasteiger partial charge in [0, 0.05) is 35.5 Å². The summed E-state index contributed by atoms with van der Waals surface area (Å²) < 4.78 is 0. The Balaban J connectivity index is 1.51. The van der Waals surface area contributed by atoms with E-state index in [1.165, 1.54) is 4.90 Å². The molecular formula is C31H28ClN3O3. The number of anilines is 1. The second-order valence-electron chi connectivity index (χ2n) is 9.29. The summed E-state index contributed by atoms with van der Waals surface area (Å²) in [5.74, 6) is -0.814. The lowest BCUT2D eigenvalue weighted by molar-refractivity contribution is -0.140. The van der Waals surface area contributed by atoms with Crippen LogP contribution in [0.15, 0.2) is 91.0 Å². The van der Waals surface area contributed by atoms with Gasteiger partial charge in [-0.15, -0.1) is 0 Å². The van der Waals surface area contributed by atoms with E-state index >= 15 is 0 Å². The number of hydrogen-bond acceptors (Lipinski definition) is 3. The Morgan fingerprint density at radius 1 is 0.921 bits per heavy atom. The van der Waals surface area contributed by atoms with Crippen molar-refractivity contribution in [2.75, 3.05) is 18.0 Å². The summed E-state index contributed by atoms with van der Waals surface area (Å²) in [5, 5.41) is 5.18. The van der Waals surface area contributed by atoms with E-state index in [4.69, 9.17) is 11.6 Å². The highest BCUT2D eigenvalue weighted by atomic mass is 35.5. The molecule has 0 aromatic heterocycles. The largest absolute Gasteiger partial charge is 0.355 e. The predicted octanol–water partition coefficient (Wildman–Crippen LogP) is 5.23. The van der Waals surface area contributed by atoms with E-state index in [9.17, 15) is 14.4 Å². The van der Waals surface area contributed by atoms with Gasteiger partial charge in [-0.25, -0.2) is 0 Å². The molecule has 5 rings (SSSR count). The Morgan fingerprint density at radius 3 is 2.37 bits per heavy atom. The lowest BCUT2D eigenvalue weighted by atomic mass is 10.0. The second-order valence-corrected chi connectivity index (χ2v) is 9.69. The average Bonchev–Trinajstić information content (AvgIpc) is 3.20. The molecular weight excluding hydrogens is 498 g/mol. The molecule has 1 atom stereocenters. The molecule has 1 N–H and O–H groups in total. The number of hydrogen-bond donors (Lipinski definition) is 1. The quantitative estimate of drug-likeness (QED) is 0.325. The van der Waals surface area contributed by atoms with Crippen molar-refractivity contribution in [1.29, 1.82) is 0 Å². The molecule has 0 radical (unpaired) electrons. The van der Waals surface area contributed by atoms with Crippen LogP contribution in [-0.2, 0) is 22.6 Å². The number of nitrogens with zero attached hydrogens (tertiary/aromatic N) is 2. The van der Waals surface area contributed by atoms with Gasteiger partial charge in [0.15, 0.2) is 0 Å². The van der Waals surface area contributed by atoms with Crippen LogP contribution in [0.5, 0.6) is 0 Å². The Morgan fingerprint density at radius 2 is 1.63 bits per heavy atom. The highest BCUT2D eigenvalue weighted by Gasteiger charge is 2.35. The number of carbonyl (C=O) groups excluding carboxylic acids is 3. The normalized spacial score (nSPS) is 13.0. The number of carbonyl (C=O) groups is 3. The van der Waals surface area contributed by atoms with Crippen LogP contribution in [0.2, 0.25) is 5.02 Å². The van der Waals surface area contributed by atoms with Crippen molar-refractivity contribution >= 4 is 45.8 Å². The Kier molecular flexibility index (Phi) is 7.43. The maximum absolute atomic E-state index is 14.1. The minimum Gasteiger partial charge on any atom is -0.355 e. The molecule has 4 aromatic rings. The van der Waals surface area contributed by atoms with Crippen LogP contribution in [0.3, 0.4) is 0 Å². The molecule has 6 nitrogen and oxygen atoms in total. The molecule has 0 saturated carbocycles. The minimum absolute atomic E-state index is 0.131. The van der Waals surface area contributed by atoms with E-state index in [0.717, 1.165) is 21.9 Å². The molecule has 1 aliphatic heterocycles. The van der Waals surface area contributed by atoms with E-state index < -0.39 is 6.04 Å². The number of rotatable bonds is 9. The van der Waals surface area contributed by atoms with Crippen LogP contribution < -0.4 is 10.2 Å². The van der Waals surface area contributed by atoms with Crippen LogP contribution in [-0.4, -0.2) is 41.8 Å². The van der Waals surface area contributed by atoms with Crippen molar-refractivity contribution < 1.29 is 14.4 Å². The van der Waals surface area contributed by atoms with Gasteiger partial charge in [-0.3, -0.25) is 19.3 Å². The van der Waals surface area contributed by atoms with Gasteiger partial charge in [-0.05, 0) is 41.6 Å². The summed E-state index contributed by atoms with van der Waals surface area (Å²) in [6.45, 7) is 2.22. The zero-order valence-corrected chi connectivity index (χ0v) is 21.8. The zero-order chi connectivity index (χ0) is 26.6. The van der Waals surface area contributed by atoms with Crippen LogP contribution >= 0.6 is 11.6 Å². The van der Waals surface area contributed by atoms with Crippen LogP contribution in [0.1, 0.15) is 28.4 Å². The molecule has 1 unspecified atom stereocenters. The van der Waals surface area contributed by atoms with Crippen molar-refractivity contribution in [3.05, 3.63) is 113 Å². The van der Waals surface area contributed by atoms with Crippen molar-refractivity contribution in [1.82, 2.24) is 10.2 Å². The molecule has 0 saturated heterocycles. The zero-order valence-electron chi connectivity index (χ0n) is 21.1. The standard InChI is InChI=1S/C31H28ClN3O3/c1-2-33-30(37)27(18-21-10-4-3-5-11-21)34(19-23-12-6-7-16-25(23)32)28(36)20-35-26-17-9-14-22-13-8-15-24(29(22)26)31(35)38/h3-17,27H,2,18-20H2,1H3,(H,33,37). The van der Waals surface area contributed by atoms with Crippen LogP contribution in [0, 0.1) is 0 Å². The van der Waals surface area contributed by atoms with Crippen molar-refractivity contribution in [3.8, 4) is 0 Å². The third-order valence-electron chi connectivity index (χ3n) is 6.86. The second kappa shape index (κ2) is 11.1. The van der Waals surface area contributed by atoms with Gasteiger partial charge in [0.05, 0.1) is 5.69 Å². The van der Waals surface area contributed by atoms with E-state index in [-0.39, 0.29) is 30.8 Å². The Labute approximate surface area is 226 Å². The van der Waals surface area contributed by atoms with E-state index in [1.54, 1.807) is 17.0 Å². The summed E-state index contributed by atoms with van der Waals surface area (Å²) in [4.78, 5) is 43.9. The van der Waals surface area contributed by atoms with Gasteiger partial charge in [-0.2, -0.15) is 0 Å². The summed E-state index contributed by atoms with van der Waals surface area (Å²) in [6, 6.07) is 27.4. The van der Waals surface area contributed by atoms with E-state index in [0.29, 0.717) is 29.2 Å². The number of benzene rings is 4. The summed E-state index contributed by atoms with van der Waals surface area (Å²) in [6.07, 6.45) is 0.326. The van der Waals surface area contributed by atoms with Gasteiger partial charge < -0.3 is 10.2 Å². The Bertz CT molecular complexity index is 1500. The summed E-state index contributed by atoms with van der Waals surface area (Å²) in [7, 11) is 0. The predicted molar refractivity (Wildman–Crippen MR) is 150 cm³/mol. The number of likely N-dealkylation sites (N-methyl/N-ethyl adjacent to an activating group) is 1. The molecule has 3 amide bonds. The molecule has 7 heteroatoms. The molecule has 0 spiro atoms. The topological polar surface area (TPSA) is 69.7 Å². The van der Waals surface area contributed by atoms with Gasteiger partial charge in [0.25, 0.3) is 5.91 Å². The molecule has 38 heavy (non-hydrogen) atoms. The number of nitrogens with one attached hydrogen (secondary N) is 1. The SMILES string of the molecule is CCNC(=O)C(Cc1ccccc1)N(Cc1ccccc1Cl)C(=O)CN1C(=O)c2cccc3cccc1c23. The molecule has 0 aliphatic carbocycles. The fourth-order valence-electron chi connectivity index (χ4n) is 5.02. The monoisotopic (exact) mass is 525 g/mol. The fourth-order valence-corrected chi connectivity index (χ4v) is 5.21. The first-order valence-electron chi connectivity index (χ1n) is 12.7. The van der Waals surface area contributed by atoms with Gasteiger partial charge >= 0.3 is 0 Å². The first kappa shape index (κ1) is 25.5. The fraction of sp³-hybridized carbons (Fsp3) is 0.194. The summed E-state index contributed by atoms with van der Waals surface area (Å²) in [5.41, 5.74) is 2.93. The van der Waals surface area contributed by atoms with E-state index in [1.807, 2.05) is 85.8 Å². The molecule has 1 aliphatic rings. The average molecular weight is 526 g/mol. The highest BCUT2D eigenvalue weighted by molar-refractivity contribution is 6.31. The van der Waals surface area contributed by atoms with Gasteiger partial charge in [0.1, 0.15) is 12.6 Å². The number of halogens is 1. The molecule has 0 fully saturated rings. The summed E-state index contributed by atoms with van der Waals surface area (Å²) >= 11 is 6.48. The van der Waals surface area contributed by atoms with Crippen molar-refractivity contribution in [2.24, 2.45) is 0 Å². The molecule has 4 aromatic carbocycles. The smallest absolute Gasteiger partial charge is 0.259 e. The number of amides is 3. The van der Waals surface area contributed by atoms with E-state index in [2.05, 4.69) is 5.32 Å². The molecule has 0 bridgehead atoms. The lowest BCUT2D eigenvalue weighted by Gasteiger charge is -2.33. The third kappa shape index (κ3) is 5.00. The maximum Gasteiger partial charge on any atom is 0.259 e. The minimum atomic E-state index is -0.794. The van der Waals surface area contributed by atoms with Crippen molar-refractivity contribution in [2.45, 2.75) is 25.9 Å². The Hall–Kier alpha value is -4.16. The maximum atomic E-state index is 14.1. The highest BCUT2D eigenvalue weighted by Crippen LogP contribution is 2.37. The van der Waals surface area contributed by atoms with Crippen molar-refractivity contribution in [3.63, 3.8) is 0 Å².